The molecule has 1 heterocycles. The fourth-order valence-corrected chi connectivity index (χ4v) is 2.76. The third kappa shape index (κ3) is 6.75. The van der Waals surface area contributed by atoms with Crippen LogP contribution in [0, 0.1) is 11.6 Å². The first kappa shape index (κ1) is 23.3. The molecule has 0 aliphatic rings. The van der Waals surface area contributed by atoms with Crippen LogP contribution < -0.4 is 10.6 Å². The number of halogens is 3. The van der Waals surface area contributed by atoms with Gasteiger partial charge in [-0.1, -0.05) is 31.1 Å². The highest BCUT2D eigenvalue weighted by Gasteiger charge is 2.13. The second-order valence-electron chi connectivity index (χ2n) is 6.05. The van der Waals surface area contributed by atoms with Crippen molar-refractivity contribution in [3.63, 3.8) is 0 Å². The van der Waals surface area contributed by atoms with Crippen LogP contribution in [0.15, 0.2) is 33.8 Å². The van der Waals surface area contributed by atoms with Gasteiger partial charge in [0.15, 0.2) is 23.4 Å². The van der Waals surface area contributed by atoms with Crippen LogP contribution in [-0.2, 0) is 13.0 Å². The van der Waals surface area contributed by atoms with Crippen LogP contribution in [0.2, 0.25) is 0 Å². The van der Waals surface area contributed by atoms with Crippen LogP contribution in [0.25, 0.3) is 0 Å². The van der Waals surface area contributed by atoms with Gasteiger partial charge in [-0.25, -0.2) is 8.78 Å². The van der Waals surface area contributed by atoms with Crippen molar-refractivity contribution in [2.24, 2.45) is 4.99 Å². The van der Waals surface area contributed by atoms with E-state index in [1.165, 1.54) is 6.07 Å². The molecule has 0 aliphatic heterocycles. The molecule has 0 fully saturated rings. The Morgan fingerprint density at radius 2 is 1.96 bits per heavy atom. The van der Waals surface area contributed by atoms with Crippen molar-refractivity contribution in [1.82, 2.24) is 15.8 Å². The summed E-state index contributed by atoms with van der Waals surface area (Å²) in [6.45, 7) is 5.14. The quantitative estimate of drug-likeness (QED) is 0.326. The van der Waals surface area contributed by atoms with Crippen LogP contribution in [0.4, 0.5) is 8.78 Å². The van der Waals surface area contributed by atoms with E-state index in [1.807, 2.05) is 6.07 Å². The molecular formula is C19H27F2IN4O. The van der Waals surface area contributed by atoms with Gasteiger partial charge in [0.05, 0.1) is 12.2 Å². The molecule has 0 spiro atoms. The van der Waals surface area contributed by atoms with Gasteiger partial charge in [0, 0.05) is 25.6 Å². The van der Waals surface area contributed by atoms with Crippen molar-refractivity contribution in [3.8, 4) is 0 Å². The fourth-order valence-electron chi connectivity index (χ4n) is 2.76. The molecule has 0 bridgehead atoms. The monoisotopic (exact) mass is 492 g/mol. The third-order valence-corrected chi connectivity index (χ3v) is 4.35. The van der Waals surface area contributed by atoms with Crippen LogP contribution in [0.3, 0.4) is 0 Å². The lowest BCUT2D eigenvalue weighted by atomic mass is 9.99. The minimum atomic E-state index is -0.830. The summed E-state index contributed by atoms with van der Waals surface area (Å²) in [5.41, 5.74) is 1.30. The highest BCUT2D eigenvalue weighted by atomic mass is 127. The van der Waals surface area contributed by atoms with Crippen LogP contribution in [-0.4, -0.2) is 24.7 Å². The Kier molecular flexibility index (Phi) is 10.3. The second kappa shape index (κ2) is 11.9. The van der Waals surface area contributed by atoms with Gasteiger partial charge in [0.1, 0.15) is 0 Å². The number of nitrogens with zero attached hydrogens (tertiary/aromatic N) is 2. The van der Waals surface area contributed by atoms with Gasteiger partial charge in [-0.3, -0.25) is 4.99 Å². The van der Waals surface area contributed by atoms with Gasteiger partial charge in [0.25, 0.3) is 0 Å². The van der Waals surface area contributed by atoms with E-state index in [0.29, 0.717) is 37.0 Å². The Hall–Kier alpha value is -1.71. The minimum Gasteiger partial charge on any atom is -0.359 e. The zero-order valence-electron chi connectivity index (χ0n) is 15.9. The predicted octanol–water partition coefficient (Wildman–Crippen LogP) is 4.38. The number of guanidine groups is 1. The molecule has 0 saturated carbocycles. The molecule has 0 saturated heterocycles. The molecule has 0 unspecified atom stereocenters. The summed E-state index contributed by atoms with van der Waals surface area (Å²) in [7, 11) is 1.65. The molecule has 2 rings (SSSR count). The van der Waals surface area contributed by atoms with Gasteiger partial charge in [-0.2, -0.15) is 0 Å². The molecule has 0 atom stereocenters. The largest absolute Gasteiger partial charge is 0.359 e. The fraction of sp³-hybridized carbons (Fsp3) is 0.474. The summed E-state index contributed by atoms with van der Waals surface area (Å²) < 4.78 is 32.2. The Labute approximate surface area is 176 Å². The van der Waals surface area contributed by atoms with E-state index < -0.39 is 11.6 Å². The molecule has 2 N–H and O–H groups in total. The van der Waals surface area contributed by atoms with Gasteiger partial charge < -0.3 is 15.2 Å². The maximum atomic E-state index is 13.6. The lowest BCUT2D eigenvalue weighted by Crippen LogP contribution is -2.37. The normalized spacial score (nSPS) is 11.4. The standard InChI is InChI=1S/C19H26F2N4O.HI/c1-4-13(5-2)17-11-15(26-25-17)12-24-19(22-3)23-10-9-14-7-6-8-16(20)18(14)21;/h6-8,11,13H,4-5,9-10,12H2,1-3H3,(H2,22,23,24);1H. The number of hydrogen-bond acceptors (Lipinski definition) is 3. The smallest absolute Gasteiger partial charge is 0.191 e. The first-order valence-corrected chi connectivity index (χ1v) is 8.91. The van der Waals surface area contributed by atoms with Crippen LogP contribution in [0.5, 0.6) is 0 Å². The van der Waals surface area contributed by atoms with Crippen molar-refractivity contribution in [2.45, 2.75) is 45.6 Å². The molecule has 1 aromatic carbocycles. The number of aliphatic imine (C=N–C) groups is 1. The van der Waals surface area contributed by atoms with E-state index in [-0.39, 0.29) is 24.0 Å². The highest BCUT2D eigenvalue weighted by molar-refractivity contribution is 14.0. The summed E-state index contributed by atoms with van der Waals surface area (Å²) in [6, 6.07) is 6.15. The molecule has 0 amide bonds. The molecule has 0 aliphatic carbocycles. The number of benzene rings is 1. The van der Waals surface area contributed by atoms with E-state index in [1.54, 1.807) is 13.1 Å². The average molecular weight is 492 g/mol. The van der Waals surface area contributed by atoms with Crippen molar-refractivity contribution < 1.29 is 13.3 Å². The van der Waals surface area contributed by atoms with Crippen molar-refractivity contribution in [3.05, 3.63) is 52.9 Å². The molecule has 0 radical (unpaired) electrons. The Balaban J connectivity index is 0.00000364. The van der Waals surface area contributed by atoms with E-state index in [0.717, 1.165) is 30.4 Å². The maximum Gasteiger partial charge on any atom is 0.191 e. The molecule has 27 heavy (non-hydrogen) atoms. The summed E-state index contributed by atoms with van der Waals surface area (Å²) in [5.74, 6) is 0.0656. The summed E-state index contributed by atoms with van der Waals surface area (Å²) in [4.78, 5) is 4.11. The van der Waals surface area contributed by atoms with Crippen molar-refractivity contribution >= 4 is 29.9 Å². The number of hydrogen-bond donors (Lipinski definition) is 2. The van der Waals surface area contributed by atoms with Crippen molar-refractivity contribution in [2.75, 3.05) is 13.6 Å². The molecule has 8 heteroatoms. The lowest BCUT2D eigenvalue weighted by molar-refractivity contribution is 0.368. The topological polar surface area (TPSA) is 62.5 Å². The Morgan fingerprint density at radius 1 is 1.22 bits per heavy atom. The first-order valence-electron chi connectivity index (χ1n) is 8.91. The lowest BCUT2D eigenvalue weighted by Gasteiger charge is -2.11. The summed E-state index contributed by atoms with van der Waals surface area (Å²) >= 11 is 0. The van der Waals surface area contributed by atoms with Crippen LogP contribution >= 0.6 is 24.0 Å². The zero-order valence-corrected chi connectivity index (χ0v) is 18.2. The molecule has 150 valence electrons. The number of nitrogens with one attached hydrogen (secondary N) is 2. The highest BCUT2D eigenvalue weighted by Crippen LogP contribution is 2.22. The van der Waals surface area contributed by atoms with Gasteiger partial charge >= 0.3 is 0 Å². The van der Waals surface area contributed by atoms with Gasteiger partial charge in [0.2, 0.25) is 0 Å². The summed E-state index contributed by atoms with van der Waals surface area (Å²) in [6.07, 6.45) is 2.40. The van der Waals surface area contributed by atoms with E-state index in [4.69, 9.17) is 4.52 Å². The first-order chi connectivity index (χ1) is 12.6. The number of rotatable bonds is 8. The predicted molar refractivity (Wildman–Crippen MR) is 114 cm³/mol. The molecular weight excluding hydrogens is 465 g/mol. The third-order valence-electron chi connectivity index (χ3n) is 4.35. The van der Waals surface area contributed by atoms with Crippen molar-refractivity contribution in [1.29, 1.82) is 0 Å². The molecule has 2 aromatic rings. The second-order valence-corrected chi connectivity index (χ2v) is 6.05. The minimum absolute atomic E-state index is 0. The summed E-state index contributed by atoms with van der Waals surface area (Å²) in [5, 5.41) is 10.3. The van der Waals surface area contributed by atoms with E-state index in [2.05, 4.69) is 34.6 Å². The van der Waals surface area contributed by atoms with E-state index >= 15 is 0 Å². The van der Waals surface area contributed by atoms with Gasteiger partial charge in [-0.05, 0) is 30.9 Å². The maximum absolute atomic E-state index is 13.6. The SMILES string of the molecule is CCC(CC)c1cc(CNC(=NC)NCCc2cccc(F)c2F)on1.I. The Bertz CT molecular complexity index is 732. The Morgan fingerprint density at radius 3 is 2.63 bits per heavy atom. The zero-order chi connectivity index (χ0) is 18.9. The van der Waals surface area contributed by atoms with Crippen LogP contribution in [0.1, 0.15) is 49.6 Å². The molecule has 1 aromatic heterocycles. The van der Waals surface area contributed by atoms with E-state index in [9.17, 15) is 8.78 Å². The number of aromatic nitrogens is 1. The average Bonchev–Trinajstić information content (AvgIpc) is 3.11. The molecule has 5 nitrogen and oxygen atoms in total. The van der Waals surface area contributed by atoms with Gasteiger partial charge in [-0.15, -0.1) is 24.0 Å².